The highest BCUT2D eigenvalue weighted by Gasteiger charge is 2.35. The molecule has 1 aromatic rings. The quantitative estimate of drug-likeness (QED) is 0.599. The maximum Gasteiger partial charge on any atom is 0.317 e. The predicted octanol–water partition coefficient (Wildman–Crippen LogP) is 3.12. The number of nitrogens with one attached hydrogen (secondary N) is 1. The van der Waals surface area contributed by atoms with E-state index in [1.807, 2.05) is 4.90 Å². The van der Waals surface area contributed by atoms with E-state index >= 15 is 0 Å². The van der Waals surface area contributed by atoms with E-state index in [9.17, 15) is 14.4 Å². The van der Waals surface area contributed by atoms with Crippen LogP contribution in [0, 0.1) is 11.8 Å². The molecule has 1 fully saturated rings. The molecule has 1 saturated heterocycles. The molecule has 0 spiro atoms. The SMILES string of the molecule is CC1CC(C)CN(C(=O)NCCCN2C(=O)c3ccc(Br)cc3C2=O)C1. The Morgan fingerprint density at radius 2 is 1.81 bits per heavy atom. The molecule has 7 heteroatoms. The number of amides is 4. The average Bonchev–Trinajstić information content (AvgIpc) is 2.81. The first-order chi connectivity index (χ1) is 12.4. The van der Waals surface area contributed by atoms with Crippen LogP contribution in [0.2, 0.25) is 0 Å². The molecule has 0 aliphatic carbocycles. The number of likely N-dealkylation sites (tertiary alicyclic amines) is 1. The molecule has 2 aliphatic heterocycles. The first-order valence-corrected chi connectivity index (χ1v) is 9.84. The number of urea groups is 1. The number of carbonyl (C=O) groups excluding carboxylic acids is 3. The number of rotatable bonds is 4. The summed E-state index contributed by atoms with van der Waals surface area (Å²) in [6.07, 6.45) is 1.69. The van der Waals surface area contributed by atoms with Crippen molar-refractivity contribution in [2.24, 2.45) is 11.8 Å². The highest BCUT2D eigenvalue weighted by atomic mass is 79.9. The van der Waals surface area contributed by atoms with E-state index in [2.05, 4.69) is 35.1 Å². The van der Waals surface area contributed by atoms with Crippen molar-refractivity contribution in [2.45, 2.75) is 26.7 Å². The van der Waals surface area contributed by atoms with Gasteiger partial charge in [0.25, 0.3) is 11.8 Å². The van der Waals surface area contributed by atoms with Gasteiger partial charge in [0, 0.05) is 30.7 Å². The number of piperidine rings is 1. The normalized spacial score (nSPS) is 22.6. The summed E-state index contributed by atoms with van der Waals surface area (Å²) < 4.78 is 0.775. The lowest BCUT2D eigenvalue weighted by Gasteiger charge is -2.35. The molecule has 2 heterocycles. The molecule has 2 unspecified atom stereocenters. The van der Waals surface area contributed by atoms with Crippen molar-refractivity contribution in [1.29, 1.82) is 0 Å². The third-order valence-corrected chi connectivity index (χ3v) is 5.42. The molecule has 4 amide bonds. The molecule has 6 nitrogen and oxygen atoms in total. The van der Waals surface area contributed by atoms with E-state index in [1.54, 1.807) is 18.2 Å². The van der Waals surface area contributed by atoms with Crippen molar-refractivity contribution in [1.82, 2.24) is 15.1 Å². The van der Waals surface area contributed by atoms with E-state index in [4.69, 9.17) is 0 Å². The minimum atomic E-state index is -0.267. The first kappa shape index (κ1) is 18.9. The Morgan fingerprint density at radius 3 is 2.50 bits per heavy atom. The van der Waals surface area contributed by atoms with Gasteiger partial charge < -0.3 is 10.2 Å². The molecule has 26 heavy (non-hydrogen) atoms. The van der Waals surface area contributed by atoms with Crippen LogP contribution in [0.15, 0.2) is 22.7 Å². The largest absolute Gasteiger partial charge is 0.338 e. The molecule has 3 rings (SSSR count). The number of nitrogens with zero attached hydrogens (tertiary/aromatic N) is 2. The van der Waals surface area contributed by atoms with Gasteiger partial charge in [0.15, 0.2) is 0 Å². The van der Waals surface area contributed by atoms with Crippen molar-refractivity contribution < 1.29 is 14.4 Å². The van der Waals surface area contributed by atoms with Gasteiger partial charge in [-0.05, 0) is 42.9 Å². The van der Waals surface area contributed by atoms with Gasteiger partial charge in [0.05, 0.1) is 11.1 Å². The topological polar surface area (TPSA) is 69.7 Å². The van der Waals surface area contributed by atoms with Gasteiger partial charge in [-0.3, -0.25) is 14.5 Å². The fourth-order valence-electron chi connectivity index (χ4n) is 3.84. The second kappa shape index (κ2) is 7.78. The van der Waals surface area contributed by atoms with Crippen molar-refractivity contribution in [3.05, 3.63) is 33.8 Å². The Bertz CT molecular complexity index is 727. The molecule has 2 aliphatic rings. The van der Waals surface area contributed by atoms with Gasteiger partial charge in [0.1, 0.15) is 0 Å². The summed E-state index contributed by atoms with van der Waals surface area (Å²) >= 11 is 3.32. The van der Waals surface area contributed by atoms with E-state index in [1.165, 1.54) is 4.90 Å². The van der Waals surface area contributed by atoms with Crippen LogP contribution in [0.1, 0.15) is 47.4 Å². The van der Waals surface area contributed by atoms with Crippen LogP contribution in [0.25, 0.3) is 0 Å². The molecule has 1 N–H and O–H groups in total. The molecule has 0 radical (unpaired) electrons. The third-order valence-electron chi connectivity index (χ3n) is 4.92. The fraction of sp³-hybridized carbons (Fsp3) is 0.526. The van der Waals surface area contributed by atoms with Crippen LogP contribution < -0.4 is 5.32 Å². The number of fused-ring (bicyclic) bond motifs is 1. The minimum absolute atomic E-state index is 0.0605. The molecular formula is C19H24BrN3O3. The van der Waals surface area contributed by atoms with Crippen LogP contribution in [0.5, 0.6) is 0 Å². The Kier molecular flexibility index (Phi) is 5.65. The molecular weight excluding hydrogens is 398 g/mol. The molecule has 0 saturated carbocycles. The third kappa shape index (κ3) is 3.92. The molecule has 0 aromatic heterocycles. The zero-order valence-electron chi connectivity index (χ0n) is 15.1. The standard InChI is InChI=1S/C19H24BrN3O3/c1-12-8-13(2)11-22(10-12)19(26)21-6-3-7-23-17(24)15-5-4-14(20)9-16(15)18(23)25/h4-5,9,12-13H,3,6-8,10-11H2,1-2H3,(H,21,26). The summed E-state index contributed by atoms with van der Waals surface area (Å²) in [7, 11) is 0. The zero-order chi connectivity index (χ0) is 18.8. The summed E-state index contributed by atoms with van der Waals surface area (Å²) in [5.74, 6) is 0.503. The van der Waals surface area contributed by atoms with E-state index in [-0.39, 0.29) is 17.8 Å². The summed E-state index contributed by atoms with van der Waals surface area (Å²) in [4.78, 5) is 40.2. The molecule has 140 valence electrons. The van der Waals surface area contributed by atoms with Crippen LogP contribution in [-0.2, 0) is 0 Å². The van der Waals surface area contributed by atoms with Gasteiger partial charge in [-0.15, -0.1) is 0 Å². The summed E-state index contributed by atoms with van der Waals surface area (Å²) in [5.41, 5.74) is 0.878. The maximum absolute atomic E-state index is 12.4. The van der Waals surface area contributed by atoms with Crippen molar-refractivity contribution in [3.8, 4) is 0 Å². The first-order valence-electron chi connectivity index (χ1n) is 9.05. The molecule has 0 bridgehead atoms. The lowest BCUT2D eigenvalue weighted by Crippen LogP contribution is -2.48. The van der Waals surface area contributed by atoms with E-state index in [0.717, 1.165) is 24.0 Å². The second-order valence-corrected chi connectivity index (χ2v) is 8.30. The second-order valence-electron chi connectivity index (χ2n) is 7.39. The average molecular weight is 422 g/mol. The van der Waals surface area contributed by atoms with Crippen LogP contribution in [0.4, 0.5) is 4.79 Å². The Morgan fingerprint density at radius 1 is 1.15 bits per heavy atom. The molecule has 1 aromatic carbocycles. The lowest BCUT2D eigenvalue weighted by atomic mass is 9.92. The summed E-state index contributed by atoms with van der Waals surface area (Å²) in [6, 6.07) is 5.04. The number of imide groups is 1. The van der Waals surface area contributed by atoms with Gasteiger partial charge in [-0.25, -0.2) is 4.79 Å². The van der Waals surface area contributed by atoms with Gasteiger partial charge in [-0.2, -0.15) is 0 Å². The number of hydrogen-bond acceptors (Lipinski definition) is 3. The Labute approximate surface area is 162 Å². The summed E-state index contributed by atoms with van der Waals surface area (Å²) in [6.45, 7) is 6.63. The van der Waals surface area contributed by atoms with Crippen LogP contribution in [0.3, 0.4) is 0 Å². The number of halogens is 1. The van der Waals surface area contributed by atoms with Gasteiger partial charge >= 0.3 is 6.03 Å². The highest BCUT2D eigenvalue weighted by Crippen LogP contribution is 2.26. The van der Waals surface area contributed by atoms with Crippen molar-refractivity contribution in [3.63, 3.8) is 0 Å². The van der Waals surface area contributed by atoms with E-state index in [0.29, 0.717) is 42.5 Å². The smallest absolute Gasteiger partial charge is 0.317 e. The molecule has 2 atom stereocenters. The van der Waals surface area contributed by atoms with Gasteiger partial charge in [0.2, 0.25) is 0 Å². The minimum Gasteiger partial charge on any atom is -0.338 e. The fourth-order valence-corrected chi connectivity index (χ4v) is 4.20. The number of carbonyl (C=O) groups is 3. The highest BCUT2D eigenvalue weighted by molar-refractivity contribution is 9.10. The van der Waals surface area contributed by atoms with Crippen molar-refractivity contribution in [2.75, 3.05) is 26.2 Å². The van der Waals surface area contributed by atoms with E-state index < -0.39 is 0 Å². The number of hydrogen-bond donors (Lipinski definition) is 1. The Balaban J connectivity index is 1.48. The zero-order valence-corrected chi connectivity index (χ0v) is 16.7. The van der Waals surface area contributed by atoms with Crippen LogP contribution in [-0.4, -0.2) is 53.8 Å². The maximum atomic E-state index is 12.4. The number of benzene rings is 1. The van der Waals surface area contributed by atoms with Crippen molar-refractivity contribution >= 4 is 33.8 Å². The monoisotopic (exact) mass is 421 g/mol. The summed E-state index contributed by atoms with van der Waals surface area (Å²) in [5, 5.41) is 2.91. The Hall–Kier alpha value is -1.89. The predicted molar refractivity (Wildman–Crippen MR) is 102 cm³/mol. The van der Waals surface area contributed by atoms with Crippen LogP contribution >= 0.6 is 15.9 Å². The van der Waals surface area contributed by atoms with Gasteiger partial charge in [-0.1, -0.05) is 29.8 Å². The lowest BCUT2D eigenvalue weighted by molar-refractivity contribution is 0.0653.